The van der Waals surface area contributed by atoms with Crippen LogP contribution in [0.15, 0.2) is 0 Å². The molecule has 1 nitrogen and oxygen atoms in total. The Morgan fingerprint density at radius 3 is 2.83 bits per heavy atom. The van der Waals surface area contributed by atoms with Crippen LogP contribution in [0.2, 0.25) is 0 Å². The highest BCUT2D eigenvalue weighted by molar-refractivity contribution is 8.01. The van der Waals surface area contributed by atoms with E-state index in [1.807, 2.05) is 6.61 Å². The second-order valence-electron chi connectivity index (χ2n) is 1.00. The van der Waals surface area contributed by atoms with E-state index in [2.05, 4.69) is 5.75 Å². The Bertz CT molecular complexity index is 23.0. The van der Waals surface area contributed by atoms with E-state index in [0.29, 0.717) is 0 Å². The van der Waals surface area contributed by atoms with Gasteiger partial charge in [-0.2, -0.15) is 11.8 Å². The van der Waals surface area contributed by atoms with Crippen LogP contribution in [-0.2, 0) is 4.74 Å². The minimum absolute atomic E-state index is 0.782. The Balaban J connectivity index is 2.00. The number of ether oxygens (including phenoxy) is 1. The molecule has 34 valence electrons. The van der Waals surface area contributed by atoms with Crippen molar-refractivity contribution < 1.29 is 4.74 Å². The molecule has 0 bridgehead atoms. The zero-order chi connectivity index (χ0) is 4.24. The molecule has 0 N–H and O–H groups in total. The van der Waals surface area contributed by atoms with Crippen LogP contribution in [0.1, 0.15) is 0 Å². The van der Waals surface area contributed by atoms with Crippen molar-refractivity contribution in [3.63, 3.8) is 0 Å². The van der Waals surface area contributed by atoms with Gasteiger partial charge in [0.2, 0.25) is 0 Å². The first-order valence-corrected chi connectivity index (χ1v) is 2.91. The average molecular weight is 102 g/mol. The lowest BCUT2D eigenvalue weighted by atomic mass is 10.8. The van der Waals surface area contributed by atoms with Gasteiger partial charge in [-0.15, -0.1) is 0 Å². The third kappa shape index (κ3) is 1.19. The molecule has 2 heteroatoms. The Kier molecular flexibility index (Phi) is 1.85. The molecule has 0 aromatic heterocycles. The summed E-state index contributed by atoms with van der Waals surface area (Å²) in [5.41, 5.74) is 0. The fourth-order valence-corrected chi connectivity index (χ4v) is 0.797. The van der Waals surface area contributed by atoms with E-state index >= 15 is 0 Å². The molecule has 0 aliphatic carbocycles. The predicted octanol–water partition coefficient (Wildman–Crippen LogP) is 1.07. The van der Waals surface area contributed by atoms with Gasteiger partial charge in [0.15, 0.2) is 0 Å². The third-order valence-corrected chi connectivity index (χ3v) is 1.26. The van der Waals surface area contributed by atoms with Gasteiger partial charge in [-0.25, -0.2) is 0 Å². The van der Waals surface area contributed by atoms with Crippen LogP contribution < -0.4 is 0 Å². The van der Waals surface area contributed by atoms with E-state index in [0.717, 1.165) is 12.4 Å². The summed E-state index contributed by atoms with van der Waals surface area (Å²) >= 11 is 1.79. The molecule has 0 amide bonds. The number of hydrogen-bond acceptors (Lipinski definition) is 2. The molecule has 0 spiro atoms. The van der Waals surface area contributed by atoms with Gasteiger partial charge < -0.3 is 4.74 Å². The molecule has 1 heterocycles. The van der Waals surface area contributed by atoms with Crippen LogP contribution in [0.3, 0.4) is 0 Å². The van der Waals surface area contributed by atoms with Crippen molar-refractivity contribution in [1.82, 2.24) is 0 Å². The third-order valence-electron chi connectivity index (χ3n) is 0.564. The molecule has 1 rings (SSSR count). The first-order chi connectivity index (χ1) is 3.00. The van der Waals surface area contributed by atoms with Crippen molar-refractivity contribution in [2.75, 3.05) is 12.4 Å². The van der Waals surface area contributed by atoms with E-state index in [9.17, 15) is 0 Å². The number of rotatable bonds is 0. The van der Waals surface area contributed by atoms with Crippen molar-refractivity contribution in [2.24, 2.45) is 0 Å². The SMILES string of the molecule is [CH]1CS[CH]CO1. The quantitative estimate of drug-likeness (QED) is 0.452. The van der Waals surface area contributed by atoms with Crippen LogP contribution in [0.25, 0.3) is 0 Å². The van der Waals surface area contributed by atoms with Gasteiger partial charge in [-0.1, -0.05) is 0 Å². The topological polar surface area (TPSA) is 9.23 Å². The van der Waals surface area contributed by atoms with Crippen molar-refractivity contribution in [2.45, 2.75) is 0 Å². The Morgan fingerprint density at radius 2 is 2.67 bits per heavy atom. The fraction of sp³-hybridized carbons (Fsp3) is 0.500. The van der Waals surface area contributed by atoms with Crippen molar-refractivity contribution in [1.29, 1.82) is 0 Å². The molecule has 1 aliphatic heterocycles. The molecule has 0 saturated carbocycles. The summed E-state index contributed by atoms with van der Waals surface area (Å²) in [6.07, 6.45) is 0. The highest BCUT2D eigenvalue weighted by atomic mass is 32.2. The van der Waals surface area contributed by atoms with E-state index in [-0.39, 0.29) is 0 Å². The second-order valence-corrected chi connectivity index (χ2v) is 2.00. The first-order valence-electron chi connectivity index (χ1n) is 1.87. The summed E-state index contributed by atoms with van der Waals surface area (Å²) in [6.45, 7) is 2.61. The molecular formula is C4H6OS. The van der Waals surface area contributed by atoms with E-state index in [1.165, 1.54) is 0 Å². The lowest BCUT2D eigenvalue weighted by molar-refractivity contribution is 0.232. The van der Waals surface area contributed by atoms with E-state index in [1.54, 1.807) is 11.8 Å². The molecule has 6 heavy (non-hydrogen) atoms. The molecule has 1 aliphatic rings. The van der Waals surface area contributed by atoms with Gasteiger partial charge in [0.05, 0.1) is 13.2 Å². The van der Waals surface area contributed by atoms with Gasteiger partial charge in [0.1, 0.15) is 0 Å². The molecule has 1 saturated heterocycles. The van der Waals surface area contributed by atoms with E-state index in [4.69, 9.17) is 4.74 Å². The Hall–Kier alpha value is 0.310. The maximum Gasteiger partial charge on any atom is 0.0935 e. The summed E-state index contributed by atoms with van der Waals surface area (Å²) in [4.78, 5) is 0. The van der Waals surface area contributed by atoms with Gasteiger partial charge in [0, 0.05) is 11.5 Å². The normalized spacial score (nSPS) is 24.0. The highest BCUT2D eigenvalue weighted by Gasteiger charge is 1.96. The summed E-state index contributed by atoms with van der Waals surface area (Å²) < 4.78 is 4.87. The zero-order valence-corrected chi connectivity index (χ0v) is 4.20. The largest absolute Gasteiger partial charge is 0.373 e. The first kappa shape index (κ1) is 4.47. The van der Waals surface area contributed by atoms with Gasteiger partial charge in [-0.3, -0.25) is 0 Å². The van der Waals surface area contributed by atoms with Gasteiger partial charge in [-0.05, 0) is 0 Å². The van der Waals surface area contributed by atoms with Crippen LogP contribution >= 0.6 is 11.8 Å². The second kappa shape index (κ2) is 2.48. The van der Waals surface area contributed by atoms with Crippen molar-refractivity contribution in [3.05, 3.63) is 12.4 Å². The summed E-state index contributed by atoms with van der Waals surface area (Å²) in [6, 6.07) is 0. The number of thioether (sulfide) groups is 1. The van der Waals surface area contributed by atoms with Crippen LogP contribution in [-0.4, -0.2) is 12.4 Å². The molecular weight excluding hydrogens is 96.1 g/mol. The lowest BCUT2D eigenvalue weighted by Crippen LogP contribution is -1.98. The van der Waals surface area contributed by atoms with Crippen molar-refractivity contribution in [3.8, 4) is 0 Å². The molecule has 1 fully saturated rings. The fourth-order valence-electron chi connectivity index (χ4n) is 0.311. The van der Waals surface area contributed by atoms with Gasteiger partial charge >= 0.3 is 0 Å². The van der Waals surface area contributed by atoms with Crippen LogP contribution in [0.5, 0.6) is 0 Å². The highest BCUT2D eigenvalue weighted by Crippen LogP contribution is 2.11. The maximum atomic E-state index is 4.87. The minimum Gasteiger partial charge on any atom is -0.373 e. The standard InChI is InChI=1S/C4H6OS/c1-3-6-4-2-5-1/h1,4H,2-3H2. The molecule has 0 atom stereocenters. The zero-order valence-electron chi connectivity index (χ0n) is 3.39. The monoisotopic (exact) mass is 102 g/mol. The maximum absolute atomic E-state index is 4.87. The average Bonchev–Trinajstić information content (AvgIpc) is 1.72. The van der Waals surface area contributed by atoms with Gasteiger partial charge in [0.25, 0.3) is 0 Å². The van der Waals surface area contributed by atoms with Crippen molar-refractivity contribution >= 4 is 11.8 Å². The summed E-state index contributed by atoms with van der Waals surface area (Å²) in [5, 5.41) is 0. The Morgan fingerprint density at radius 1 is 1.67 bits per heavy atom. The summed E-state index contributed by atoms with van der Waals surface area (Å²) in [5.74, 6) is 3.07. The molecule has 0 aromatic rings. The van der Waals surface area contributed by atoms with Crippen LogP contribution in [0, 0.1) is 12.4 Å². The lowest BCUT2D eigenvalue weighted by Gasteiger charge is -2.06. The Labute approximate surface area is 42.1 Å². The molecule has 2 radical (unpaired) electrons. The molecule has 0 unspecified atom stereocenters. The predicted molar refractivity (Wildman–Crippen MR) is 27.0 cm³/mol. The summed E-state index contributed by atoms with van der Waals surface area (Å²) in [7, 11) is 0. The number of hydrogen-bond donors (Lipinski definition) is 0. The van der Waals surface area contributed by atoms with E-state index < -0.39 is 0 Å². The van der Waals surface area contributed by atoms with Crippen LogP contribution in [0.4, 0.5) is 0 Å². The minimum atomic E-state index is 0.782. The molecule has 0 aromatic carbocycles. The smallest absolute Gasteiger partial charge is 0.0935 e.